The molecule has 0 aliphatic rings. The van der Waals surface area contributed by atoms with Crippen LogP contribution < -0.4 is 4.74 Å². The van der Waals surface area contributed by atoms with Gasteiger partial charge in [0.15, 0.2) is 0 Å². The smallest absolute Gasteiger partial charge is 0.505 e. The van der Waals surface area contributed by atoms with Crippen LogP contribution >= 0.6 is 0 Å². The predicted octanol–water partition coefficient (Wildman–Crippen LogP) is 5.63. The Labute approximate surface area is 148 Å². The van der Waals surface area contributed by atoms with E-state index in [-0.39, 0.29) is 11.5 Å². The summed E-state index contributed by atoms with van der Waals surface area (Å²) in [5, 5.41) is 11.1. The van der Waals surface area contributed by atoms with Crippen molar-refractivity contribution in [2.24, 2.45) is 0 Å². The van der Waals surface area contributed by atoms with E-state index in [0.29, 0.717) is 16.8 Å². The number of hydrogen-bond acceptors (Lipinski definition) is 3. The first-order valence-electron chi connectivity index (χ1n) is 7.87. The van der Waals surface area contributed by atoms with Crippen molar-refractivity contribution in [3.05, 3.63) is 64.8 Å². The molecule has 0 aliphatic carbocycles. The van der Waals surface area contributed by atoms with Gasteiger partial charge in [-0.2, -0.15) is 0 Å². The first-order chi connectivity index (χ1) is 12.2. The van der Waals surface area contributed by atoms with Gasteiger partial charge >= 0.3 is 6.36 Å². The molecule has 0 fully saturated rings. The van der Waals surface area contributed by atoms with Crippen molar-refractivity contribution in [1.29, 1.82) is 0 Å². The normalized spacial score (nSPS) is 12.0. The molecule has 0 aliphatic heterocycles. The molecule has 1 heterocycles. The second-order valence-electron chi connectivity index (χ2n) is 5.94. The van der Waals surface area contributed by atoms with Crippen molar-refractivity contribution in [2.45, 2.75) is 20.2 Å². The summed E-state index contributed by atoms with van der Waals surface area (Å²) in [6.45, 7) is 3.77. The molecule has 0 atom stereocenters. The van der Waals surface area contributed by atoms with Crippen LogP contribution in [-0.2, 0) is 0 Å². The molecule has 3 aromatic rings. The number of aromatic nitrogens is 1. The number of aromatic hydroxyl groups is 1. The standard InChI is InChI=1S/C20H16F3NO2/c1-12-11-13(2)19(25)18-17(12)10-7-15(24-18)6-3-14-4-8-16(9-5-14)26-20(21,22)23/h3-11,25H,1-2H3. The Hall–Kier alpha value is -3.02. The molecular weight excluding hydrogens is 343 g/mol. The van der Waals surface area contributed by atoms with Crippen LogP contribution in [0.25, 0.3) is 23.1 Å². The Kier molecular flexibility index (Phi) is 4.59. The maximum Gasteiger partial charge on any atom is 0.573 e. The summed E-state index contributed by atoms with van der Waals surface area (Å²) in [6.07, 6.45) is -1.24. The monoisotopic (exact) mass is 359 g/mol. The zero-order chi connectivity index (χ0) is 18.9. The van der Waals surface area contributed by atoms with Crippen LogP contribution in [0.15, 0.2) is 42.5 Å². The van der Waals surface area contributed by atoms with Gasteiger partial charge in [-0.25, -0.2) is 4.98 Å². The highest BCUT2D eigenvalue weighted by Gasteiger charge is 2.30. The molecule has 26 heavy (non-hydrogen) atoms. The molecule has 1 N–H and O–H groups in total. The molecule has 3 nitrogen and oxygen atoms in total. The number of alkyl halides is 3. The number of phenolic OH excluding ortho intramolecular Hbond substituents is 1. The quantitative estimate of drug-likeness (QED) is 0.659. The van der Waals surface area contributed by atoms with Gasteiger partial charge in [-0.05, 0) is 54.8 Å². The first kappa shape index (κ1) is 17.8. The Morgan fingerprint density at radius 2 is 1.65 bits per heavy atom. The van der Waals surface area contributed by atoms with E-state index in [4.69, 9.17) is 0 Å². The summed E-state index contributed by atoms with van der Waals surface area (Å²) >= 11 is 0. The van der Waals surface area contributed by atoms with Crippen LogP contribution in [0.4, 0.5) is 13.2 Å². The molecule has 6 heteroatoms. The zero-order valence-corrected chi connectivity index (χ0v) is 14.1. The molecule has 0 amide bonds. The van der Waals surface area contributed by atoms with E-state index in [0.717, 1.165) is 16.5 Å². The number of fused-ring (bicyclic) bond motifs is 1. The number of ether oxygens (including phenoxy) is 1. The number of pyridine rings is 1. The fraction of sp³-hybridized carbons (Fsp3) is 0.150. The van der Waals surface area contributed by atoms with E-state index in [9.17, 15) is 18.3 Å². The van der Waals surface area contributed by atoms with E-state index in [1.54, 1.807) is 12.2 Å². The fourth-order valence-electron chi connectivity index (χ4n) is 2.69. The van der Waals surface area contributed by atoms with E-state index in [2.05, 4.69) is 9.72 Å². The largest absolute Gasteiger partial charge is 0.573 e. The SMILES string of the molecule is Cc1cc(C)c2ccc(C=Cc3ccc(OC(F)(F)F)cc3)nc2c1O. The highest BCUT2D eigenvalue weighted by atomic mass is 19.4. The number of aryl methyl sites for hydroxylation is 2. The number of benzene rings is 2. The molecule has 134 valence electrons. The topological polar surface area (TPSA) is 42.4 Å². The molecule has 0 unspecified atom stereocenters. The van der Waals surface area contributed by atoms with Gasteiger partial charge in [-0.15, -0.1) is 13.2 Å². The maximum absolute atomic E-state index is 12.2. The van der Waals surface area contributed by atoms with Crippen LogP contribution in [-0.4, -0.2) is 16.5 Å². The second-order valence-corrected chi connectivity index (χ2v) is 5.94. The molecule has 0 spiro atoms. The van der Waals surface area contributed by atoms with Crippen molar-refractivity contribution in [3.63, 3.8) is 0 Å². The van der Waals surface area contributed by atoms with E-state index < -0.39 is 6.36 Å². The van der Waals surface area contributed by atoms with Gasteiger partial charge < -0.3 is 9.84 Å². The highest BCUT2D eigenvalue weighted by molar-refractivity contribution is 5.89. The summed E-state index contributed by atoms with van der Waals surface area (Å²) in [4.78, 5) is 4.47. The van der Waals surface area contributed by atoms with Crippen molar-refractivity contribution in [2.75, 3.05) is 0 Å². The van der Waals surface area contributed by atoms with Crippen molar-refractivity contribution < 1.29 is 23.0 Å². The number of hydrogen-bond donors (Lipinski definition) is 1. The summed E-state index contributed by atoms with van der Waals surface area (Å²) < 4.78 is 40.3. The molecule has 1 aromatic heterocycles. The van der Waals surface area contributed by atoms with Crippen molar-refractivity contribution in [1.82, 2.24) is 4.98 Å². The average Bonchev–Trinajstić information content (AvgIpc) is 2.58. The van der Waals surface area contributed by atoms with Gasteiger partial charge in [0.1, 0.15) is 17.0 Å². The van der Waals surface area contributed by atoms with E-state index in [1.807, 2.05) is 32.0 Å². The number of rotatable bonds is 3. The molecular formula is C20H16F3NO2. The summed E-state index contributed by atoms with van der Waals surface area (Å²) in [5.74, 6) is -0.121. The van der Waals surface area contributed by atoms with Crippen LogP contribution in [0.1, 0.15) is 22.4 Å². The minimum Gasteiger partial charge on any atom is -0.505 e. The third-order valence-electron chi connectivity index (χ3n) is 3.93. The lowest BCUT2D eigenvalue weighted by Crippen LogP contribution is -2.16. The summed E-state index contributed by atoms with van der Waals surface area (Å²) in [5.41, 5.74) is 3.64. The number of phenols is 1. The van der Waals surface area contributed by atoms with Crippen LogP contribution in [0.5, 0.6) is 11.5 Å². The van der Waals surface area contributed by atoms with Crippen LogP contribution in [0.2, 0.25) is 0 Å². The summed E-state index contributed by atoms with van der Waals surface area (Å²) in [6, 6.07) is 11.1. The maximum atomic E-state index is 12.2. The molecule has 0 bridgehead atoms. The van der Waals surface area contributed by atoms with Crippen LogP contribution in [0, 0.1) is 13.8 Å². The molecule has 3 rings (SSSR count). The lowest BCUT2D eigenvalue weighted by atomic mass is 10.0. The van der Waals surface area contributed by atoms with Gasteiger partial charge in [0.25, 0.3) is 0 Å². The predicted molar refractivity (Wildman–Crippen MR) is 94.9 cm³/mol. The van der Waals surface area contributed by atoms with Crippen molar-refractivity contribution >= 4 is 23.1 Å². The van der Waals surface area contributed by atoms with Crippen LogP contribution in [0.3, 0.4) is 0 Å². The Morgan fingerprint density at radius 1 is 0.962 bits per heavy atom. The van der Waals surface area contributed by atoms with Gasteiger partial charge in [0, 0.05) is 5.39 Å². The molecule has 0 radical (unpaired) electrons. The second kappa shape index (κ2) is 6.71. The van der Waals surface area contributed by atoms with Gasteiger partial charge in [0.2, 0.25) is 0 Å². The Bertz CT molecular complexity index is 977. The van der Waals surface area contributed by atoms with Gasteiger partial charge in [-0.3, -0.25) is 0 Å². The summed E-state index contributed by atoms with van der Waals surface area (Å²) in [7, 11) is 0. The number of halogens is 3. The Balaban J connectivity index is 1.85. The molecule has 0 saturated carbocycles. The van der Waals surface area contributed by atoms with E-state index in [1.165, 1.54) is 24.3 Å². The molecule has 2 aromatic carbocycles. The lowest BCUT2D eigenvalue weighted by Gasteiger charge is -2.08. The fourth-order valence-corrected chi connectivity index (χ4v) is 2.69. The van der Waals surface area contributed by atoms with Crippen molar-refractivity contribution in [3.8, 4) is 11.5 Å². The van der Waals surface area contributed by atoms with Gasteiger partial charge in [-0.1, -0.05) is 30.3 Å². The highest BCUT2D eigenvalue weighted by Crippen LogP contribution is 2.30. The first-order valence-corrected chi connectivity index (χ1v) is 7.87. The minimum absolute atomic E-state index is 0.148. The minimum atomic E-state index is -4.70. The third-order valence-corrected chi connectivity index (χ3v) is 3.93. The Morgan fingerprint density at radius 3 is 2.31 bits per heavy atom. The molecule has 0 saturated heterocycles. The third kappa shape index (κ3) is 3.96. The zero-order valence-electron chi connectivity index (χ0n) is 14.1. The van der Waals surface area contributed by atoms with E-state index >= 15 is 0 Å². The lowest BCUT2D eigenvalue weighted by molar-refractivity contribution is -0.274. The number of nitrogens with zero attached hydrogens (tertiary/aromatic N) is 1. The average molecular weight is 359 g/mol. The van der Waals surface area contributed by atoms with Gasteiger partial charge in [0.05, 0.1) is 5.69 Å².